The van der Waals surface area contributed by atoms with E-state index in [4.69, 9.17) is 10.5 Å². The van der Waals surface area contributed by atoms with Gasteiger partial charge in [0.2, 0.25) is 0 Å². The molecule has 2 heterocycles. The first-order chi connectivity index (χ1) is 6.86. The van der Waals surface area contributed by atoms with Gasteiger partial charge < -0.3 is 10.5 Å². The van der Waals surface area contributed by atoms with Gasteiger partial charge >= 0.3 is 0 Å². The molecule has 1 aromatic heterocycles. The zero-order valence-corrected chi connectivity index (χ0v) is 8.15. The number of nitrogens with one attached hydrogen (secondary N) is 1. The molecule has 0 aliphatic carbocycles. The van der Waals surface area contributed by atoms with Crippen LogP contribution in [0.4, 0.5) is 0 Å². The molecule has 0 amide bonds. The van der Waals surface area contributed by atoms with Crippen LogP contribution in [0.15, 0.2) is 6.33 Å². The van der Waals surface area contributed by atoms with Crippen LogP contribution in [-0.4, -0.2) is 27.9 Å². The minimum atomic E-state index is -0.0401. The Labute approximate surface area is 83.1 Å². The summed E-state index contributed by atoms with van der Waals surface area (Å²) in [6.07, 6.45) is 6.16. The molecule has 78 valence electrons. The molecule has 2 unspecified atom stereocenters. The molecule has 14 heavy (non-hydrogen) atoms. The van der Waals surface area contributed by atoms with Crippen molar-refractivity contribution in [3.8, 4) is 0 Å². The van der Waals surface area contributed by atoms with Crippen molar-refractivity contribution < 1.29 is 4.74 Å². The van der Waals surface area contributed by atoms with Crippen LogP contribution in [0, 0.1) is 0 Å². The Morgan fingerprint density at radius 1 is 1.71 bits per heavy atom. The summed E-state index contributed by atoms with van der Waals surface area (Å²) in [5, 5.41) is 6.56. The van der Waals surface area contributed by atoms with Gasteiger partial charge in [0.05, 0.1) is 12.1 Å². The highest BCUT2D eigenvalue weighted by atomic mass is 16.5. The molecule has 5 heteroatoms. The summed E-state index contributed by atoms with van der Waals surface area (Å²) in [6.45, 7) is 0.905. The fourth-order valence-electron chi connectivity index (χ4n) is 1.77. The Morgan fingerprint density at radius 2 is 2.64 bits per heavy atom. The second-order valence-corrected chi connectivity index (χ2v) is 3.69. The highest BCUT2D eigenvalue weighted by molar-refractivity contribution is 4.89. The number of hydrogen-bond donors (Lipinski definition) is 2. The summed E-state index contributed by atoms with van der Waals surface area (Å²) in [5.74, 6) is 0.767. The Bertz CT molecular complexity index is 256. The van der Waals surface area contributed by atoms with E-state index in [0.29, 0.717) is 6.10 Å². The van der Waals surface area contributed by atoms with Crippen LogP contribution in [0.1, 0.15) is 37.5 Å². The summed E-state index contributed by atoms with van der Waals surface area (Å²) < 4.78 is 5.52. The lowest BCUT2D eigenvalue weighted by Gasteiger charge is -2.12. The van der Waals surface area contributed by atoms with E-state index >= 15 is 0 Å². The predicted octanol–water partition coefficient (Wildman–Crippen LogP) is 0.764. The lowest BCUT2D eigenvalue weighted by atomic mass is 10.1. The quantitative estimate of drug-likeness (QED) is 0.745. The lowest BCUT2D eigenvalue weighted by Crippen LogP contribution is -2.15. The van der Waals surface area contributed by atoms with Crippen LogP contribution in [0.25, 0.3) is 0 Å². The fourth-order valence-corrected chi connectivity index (χ4v) is 1.77. The molecule has 2 rings (SSSR count). The van der Waals surface area contributed by atoms with Gasteiger partial charge in [0.1, 0.15) is 12.2 Å². The monoisotopic (exact) mass is 196 g/mol. The standard InChI is InChI=1S/C9H16N4O/c10-8(9-11-6-12-13-9)4-3-7-2-1-5-14-7/h6-8H,1-5,10H2,(H,11,12,13). The van der Waals surface area contributed by atoms with Crippen molar-refractivity contribution >= 4 is 0 Å². The topological polar surface area (TPSA) is 76.8 Å². The van der Waals surface area contributed by atoms with E-state index in [9.17, 15) is 0 Å². The molecule has 2 atom stereocenters. The summed E-state index contributed by atoms with van der Waals surface area (Å²) in [7, 11) is 0. The average Bonchev–Trinajstić information content (AvgIpc) is 2.87. The number of aromatic amines is 1. The number of rotatable bonds is 4. The number of nitrogens with two attached hydrogens (primary N) is 1. The van der Waals surface area contributed by atoms with Crippen LogP contribution >= 0.6 is 0 Å². The lowest BCUT2D eigenvalue weighted by molar-refractivity contribution is 0.100. The molecule has 0 spiro atoms. The van der Waals surface area contributed by atoms with Crippen LogP contribution in [-0.2, 0) is 4.74 Å². The van der Waals surface area contributed by atoms with E-state index in [1.165, 1.54) is 19.2 Å². The number of ether oxygens (including phenoxy) is 1. The second kappa shape index (κ2) is 4.52. The maximum Gasteiger partial charge on any atom is 0.141 e. The first-order valence-corrected chi connectivity index (χ1v) is 5.08. The molecule has 1 aromatic rings. The van der Waals surface area contributed by atoms with Gasteiger partial charge in [-0.3, -0.25) is 5.10 Å². The van der Waals surface area contributed by atoms with Gasteiger partial charge in [-0.2, -0.15) is 5.10 Å². The van der Waals surface area contributed by atoms with Crippen molar-refractivity contribution in [3.05, 3.63) is 12.2 Å². The third-order valence-electron chi connectivity index (χ3n) is 2.61. The van der Waals surface area contributed by atoms with E-state index in [1.807, 2.05) is 0 Å². The summed E-state index contributed by atoms with van der Waals surface area (Å²) >= 11 is 0. The Morgan fingerprint density at radius 3 is 3.29 bits per heavy atom. The van der Waals surface area contributed by atoms with Gasteiger partial charge in [-0.1, -0.05) is 0 Å². The normalized spacial score (nSPS) is 23.9. The molecular weight excluding hydrogens is 180 g/mol. The van der Waals surface area contributed by atoms with Gasteiger partial charge in [0.15, 0.2) is 0 Å². The first kappa shape index (κ1) is 9.61. The zero-order chi connectivity index (χ0) is 9.80. The van der Waals surface area contributed by atoms with Crippen LogP contribution in [0.2, 0.25) is 0 Å². The van der Waals surface area contributed by atoms with Crippen LogP contribution < -0.4 is 5.73 Å². The van der Waals surface area contributed by atoms with Gasteiger partial charge in [-0.15, -0.1) is 0 Å². The smallest absolute Gasteiger partial charge is 0.141 e. The SMILES string of the molecule is NC(CCC1CCCO1)c1ncn[nH]1. The minimum Gasteiger partial charge on any atom is -0.378 e. The third-order valence-corrected chi connectivity index (χ3v) is 2.61. The molecule has 1 aliphatic rings. The average molecular weight is 196 g/mol. The zero-order valence-electron chi connectivity index (χ0n) is 8.15. The number of hydrogen-bond acceptors (Lipinski definition) is 4. The molecular formula is C9H16N4O. The number of H-pyrrole nitrogens is 1. The van der Waals surface area contributed by atoms with Crippen molar-refractivity contribution in [2.24, 2.45) is 5.73 Å². The molecule has 0 radical (unpaired) electrons. The Kier molecular flexibility index (Phi) is 3.10. The Hall–Kier alpha value is -0.940. The predicted molar refractivity (Wildman–Crippen MR) is 51.5 cm³/mol. The molecule has 1 saturated heterocycles. The minimum absolute atomic E-state index is 0.0401. The van der Waals surface area contributed by atoms with E-state index in [2.05, 4.69) is 15.2 Å². The van der Waals surface area contributed by atoms with E-state index in [1.54, 1.807) is 0 Å². The molecule has 1 aliphatic heterocycles. The van der Waals surface area contributed by atoms with Gasteiger partial charge in [-0.25, -0.2) is 4.98 Å². The summed E-state index contributed by atoms with van der Waals surface area (Å²) in [4.78, 5) is 4.03. The third kappa shape index (κ3) is 2.30. The van der Waals surface area contributed by atoms with Crippen molar-refractivity contribution in [2.75, 3.05) is 6.61 Å². The largest absolute Gasteiger partial charge is 0.378 e. The van der Waals surface area contributed by atoms with Gasteiger partial charge in [-0.05, 0) is 25.7 Å². The van der Waals surface area contributed by atoms with Gasteiger partial charge in [0.25, 0.3) is 0 Å². The van der Waals surface area contributed by atoms with Crippen LogP contribution in [0.5, 0.6) is 0 Å². The van der Waals surface area contributed by atoms with Crippen molar-refractivity contribution in [3.63, 3.8) is 0 Å². The first-order valence-electron chi connectivity index (χ1n) is 5.08. The molecule has 0 saturated carbocycles. The van der Waals surface area contributed by atoms with Gasteiger partial charge in [0, 0.05) is 6.61 Å². The molecule has 3 N–H and O–H groups in total. The molecule has 5 nitrogen and oxygen atoms in total. The molecule has 0 aromatic carbocycles. The van der Waals surface area contributed by atoms with Crippen molar-refractivity contribution in [1.82, 2.24) is 15.2 Å². The maximum absolute atomic E-state index is 5.93. The van der Waals surface area contributed by atoms with Crippen molar-refractivity contribution in [2.45, 2.75) is 37.8 Å². The Balaban J connectivity index is 1.74. The maximum atomic E-state index is 5.93. The second-order valence-electron chi connectivity index (χ2n) is 3.69. The van der Waals surface area contributed by atoms with Crippen LogP contribution in [0.3, 0.4) is 0 Å². The summed E-state index contributed by atoms with van der Waals surface area (Å²) in [5.41, 5.74) is 5.93. The van der Waals surface area contributed by atoms with E-state index in [-0.39, 0.29) is 6.04 Å². The number of aromatic nitrogens is 3. The van der Waals surface area contributed by atoms with E-state index in [0.717, 1.165) is 25.3 Å². The highest BCUT2D eigenvalue weighted by Gasteiger charge is 2.17. The summed E-state index contributed by atoms with van der Waals surface area (Å²) in [6, 6.07) is -0.0401. The highest BCUT2D eigenvalue weighted by Crippen LogP contribution is 2.20. The number of nitrogens with zero attached hydrogens (tertiary/aromatic N) is 2. The fraction of sp³-hybridized carbons (Fsp3) is 0.778. The van der Waals surface area contributed by atoms with Crippen molar-refractivity contribution in [1.29, 1.82) is 0 Å². The molecule has 0 bridgehead atoms. The molecule has 1 fully saturated rings. The van der Waals surface area contributed by atoms with E-state index < -0.39 is 0 Å².